The van der Waals surface area contributed by atoms with E-state index < -0.39 is 0 Å². The van der Waals surface area contributed by atoms with Gasteiger partial charge in [0.1, 0.15) is 6.10 Å². The van der Waals surface area contributed by atoms with Crippen molar-refractivity contribution in [2.45, 2.75) is 19.4 Å². The van der Waals surface area contributed by atoms with Gasteiger partial charge in [0.05, 0.1) is 0 Å². The van der Waals surface area contributed by atoms with Crippen LogP contribution in [0, 0.1) is 3.57 Å². The molecule has 2 aromatic carbocycles. The number of ether oxygens (including phenoxy) is 1. The highest BCUT2D eigenvalue weighted by atomic mass is 127. The van der Waals surface area contributed by atoms with Crippen LogP contribution in [0.4, 0.5) is 0 Å². The maximum atomic E-state index is 5.85. The summed E-state index contributed by atoms with van der Waals surface area (Å²) in [6, 6.07) is 16.2. The van der Waals surface area contributed by atoms with E-state index in [2.05, 4.69) is 56.7 Å². The molecule has 2 rings (SSSR count). The van der Waals surface area contributed by atoms with Gasteiger partial charge in [0.2, 0.25) is 0 Å². The monoisotopic (exact) mass is 460 g/mol. The Morgan fingerprint density at radius 3 is 2.50 bits per heavy atom. The molecule has 0 fully saturated rings. The van der Waals surface area contributed by atoms with Crippen LogP contribution in [0.3, 0.4) is 0 Å². The van der Waals surface area contributed by atoms with Crippen LogP contribution in [0.25, 0.3) is 0 Å². The summed E-state index contributed by atoms with van der Waals surface area (Å²) < 4.78 is 8.15. The first-order valence-corrected chi connectivity index (χ1v) is 8.54. The number of halogens is 2. The lowest BCUT2D eigenvalue weighted by Crippen LogP contribution is -2.17. The average molecular weight is 461 g/mol. The van der Waals surface area contributed by atoms with Gasteiger partial charge in [-0.05, 0) is 77.6 Å². The predicted molar refractivity (Wildman–Crippen MR) is 99.3 cm³/mol. The summed E-state index contributed by atoms with van der Waals surface area (Å²) in [5, 5.41) is 0.552. The van der Waals surface area contributed by atoms with E-state index in [4.69, 9.17) is 17.0 Å². The Morgan fingerprint density at radius 2 is 1.85 bits per heavy atom. The van der Waals surface area contributed by atoms with Crippen LogP contribution in [0.15, 0.2) is 53.0 Å². The number of benzene rings is 2. The van der Waals surface area contributed by atoms with Crippen molar-refractivity contribution >= 4 is 55.8 Å². The van der Waals surface area contributed by atoms with Gasteiger partial charge < -0.3 is 4.74 Å². The number of rotatable bonds is 4. The van der Waals surface area contributed by atoms with Crippen molar-refractivity contribution in [3.63, 3.8) is 0 Å². The first-order chi connectivity index (χ1) is 9.56. The average Bonchev–Trinajstić information content (AvgIpc) is 2.42. The highest BCUT2D eigenvalue weighted by Gasteiger charge is 2.10. The molecular formula is C16H14BrIOS. The van der Waals surface area contributed by atoms with Crippen LogP contribution in [0.5, 0.6) is 0 Å². The highest BCUT2D eigenvalue weighted by Crippen LogP contribution is 2.17. The van der Waals surface area contributed by atoms with E-state index in [0.29, 0.717) is 5.05 Å². The second-order valence-corrected chi connectivity index (χ2v) is 6.97. The van der Waals surface area contributed by atoms with Gasteiger partial charge in [-0.1, -0.05) is 34.1 Å². The van der Waals surface area contributed by atoms with Crippen molar-refractivity contribution in [2.75, 3.05) is 0 Å². The van der Waals surface area contributed by atoms with Gasteiger partial charge in [-0.25, -0.2) is 0 Å². The molecule has 0 aliphatic heterocycles. The minimum Gasteiger partial charge on any atom is -0.480 e. The summed E-state index contributed by atoms with van der Waals surface area (Å²) in [5.74, 6) is 0. The van der Waals surface area contributed by atoms with Crippen LogP contribution < -0.4 is 0 Å². The van der Waals surface area contributed by atoms with Crippen LogP contribution in [0.1, 0.15) is 18.1 Å². The second-order valence-electron chi connectivity index (χ2n) is 4.52. The van der Waals surface area contributed by atoms with Crippen LogP contribution in [0.2, 0.25) is 0 Å². The molecular weight excluding hydrogens is 447 g/mol. The molecule has 1 unspecified atom stereocenters. The molecule has 0 aliphatic rings. The van der Waals surface area contributed by atoms with E-state index in [0.717, 1.165) is 16.5 Å². The predicted octanol–water partition coefficient (Wildman–Crippen LogP) is 5.38. The number of thiocarbonyl (C=S) groups is 1. The Kier molecular flexibility index (Phi) is 5.99. The second kappa shape index (κ2) is 7.52. The third-order valence-corrected chi connectivity index (χ3v) is 4.77. The maximum Gasteiger partial charge on any atom is 0.191 e. The standard InChI is InChI=1S/C16H14BrIOS/c1-11(10-13-4-2-3-5-15(13)18)19-16(20)12-6-8-14(17)9-7-12/h2-9,11H,10H2,1H3. The topological polar surface area (TPSA) is 9.23 Å². The number of hydrogen-bond donors (Lipinski definition) is 0. The molecule has 0 saturated heterocycles. The summed E-state index contributed by atoms with van der Waals surface area (Å²) in [5.41, 5.74) is 2.23. The van der Waals surface area contributed by atoms with Crippen molar-refractivity contribution in [1.29, 1.82) is 0 Å². The van der Waals surface area contributed by atoms with E-state index in [9.17, 15) is 0 Å². The maximum absolute atomic E-state index is 5.85. The Labute approximate surface area is 147 Å². The van der Waals surface area contributed by atoms with Gasteiger partial charge in [-0.3, -0.25) is 0 Å². The van der Waals surface area contributed by atoms with Crippen molar-refractivity contribution in [3.8, 4) is 0 Å². The Bertz CT molecular complexity index is 598. The number of hydrogen-bond acceptors (Lipinski definition) is 2. The molecule has 0 aromatic heterocycles. The van der Waals surface area contributed by atoms with Crippen molar-refractivity contribution in [2.24, 2.45) is 0 Å². The van der Waals surface area contributed by atoms with Crippen molar-refractivity contribution in [3.05, 3.63) is 67.7 Å². The van der Waals surface area contributed by atoms with Gasteiger partial charge in [-0.2, -0.15) is 0 Å². The quantitative estimate of drug-likeness (QED) is 0.447. The zero-order chi connectivity index (χ0) is 14.5. The van der Waals surface area contributed by atoms with Gasteiger partial charge in [0.15, 0.2) is 5.05 Å². The highest BCUT2D eigenvalue weighted by molar-refractivity contribution is 14.1. The molecule has 20 heavy (non-hydrogen) atoms. The van der Waals surface area contributed by atoms with Crippen LogP contribution in [-0.2, 0) is 11.2 Å². The molecule has 0 saturated carbocycles. The lowest BCUT2D eigenvalue weighted by Gasteiger charge is -2.16. The zero-order valence-electron chi connectivity index (χ0n) is 11.0. The van der Waals surface area contributed by atoms with Crippen LogP contribution in [-0.4, -0.2) is 11.2 Å². The summed E-state index contributed by atoms with van der Waals surface area (Å²) in [6.45, 7) is 2.05. The molecule has 2 aromatic rings. The molecule has 0 bridgehead atoms. The van der Waals surface area contributed by atoms with E-state index in [1.54, 1.807) is 0 Å². The third kappa shape index (κ3) is 4.53. The van der Waals surface area contributed by atoms with E-state index in [1.807, 2.05) is 37.3 Å². The van der Waals surface area contributed by atoms with Gasteiger partial charge >= 0.3 is 0 Å². The third-order valence-electron chi connectivity index (χ3n) is 2.85. The summed E-state index contributed by atoms with van der Waals surface area (Å²) in [4.78, 5) is 0. The smallest absolute Gasteiger partial charge is 0.191 e. The normalized spacial score (nSPS) is 11.9. The molecule has 0 radical (unpaired) electrons. The summed E-state index contributed by atoms with van der Waals surface area (Å²) >= 11 is 11.1. The summed E-state index contributed by atoms with van der Waals surface area (Å²) in [6.07, 6.45) is 0.914. The zero-order valence-corrected chi connectivity index (χ0v) is 15.5. The Balaban J connectivity index is 1.98. The molecule has 0 N–H and O–H groups in total. The Morgan fingerprint density at radius 1 is 1.20 bits per heavy atom. The first-order valence-electron chi connectivity index (χ1n) is 6.26. The van der Waals surface area contributed by atoms with Gasteiger partial charge in [0, 0.05) is 20.0 Å². The van der Waals surface area contributed by atoms with Crippen molar-refractivity contribution in [1.82, 2.24) is 0 Å². The van der Waals surface area contributed by atoms with E-state index in [-0.39, 0.29) is 6.10 Å². The molecule has 4 heteroatoms. The Hall–Kier alpha value is -0.460. The SMILES string of the molecule is CC(Cc1ccccc1I)OC(=S)c1ccc(Br)cc1. The summed E-state index contributed by atoms with van der Waals surface area (Å²) in [7, 11) is 0. The van der Waals surface area contributed by atoms with E-state index in [1.165, 1.54) is 9.13 Å². The molecule has 1 nitrogen and oxygen atoms in total. The molecule has 0 spiro atoms. The van der Waals surface area contributed by atoms with Crippen LogP contribution >= 0.6 is 50.7 Å². The molecule has 0 amide bonds. The first kappa shape index (κ1) is 15.9. The molecule has 1 atom stereocenters. The van der Waals surface area contributed by atoms with E-state index >= 15 is 0 Å². The fourth-order valence-electron chi connectivity index (χ4n) is 1.85. The minimum atomic E-state index is 0.0575. The molecule has 0 heterocycles. The fourth-order valence-corrected chi connectivity index (χ4v) is 3.02. The largest absolute Gasteiger partial charge is 0.480 e. The van der Waals surface area contributed by atoms with Crippen molar-refractivity contribution < 1.29 is 4.74 Å². The van der Waals surface area contributed by atoms with Gasteiger partial charge in [-0.15, -0.1) is 0 Å². The minimum absolute atomic E-state index is 0.0575. The molecule has 104 valence electrons. The lowest BCUT2D eigenvalue weighted by atomic mass is 10.1. The fraction of sp³-hybridized carbons (Fsp3) is 0.188. The molecule has 0 aliphatic carbocycles. The van der Waals surface area contributed by atoms with Gasteiger partial charge in [0.25, 0.3) is 0 Å². The lowest BCUT2D eigenvalue weighted by molar-refractivity contribution is 0.215.